The number of nitrogens with zero attached hydrogens (tertiary/aromatic N) is 3. The maximum atomic E-state index is 14.2. The highest BCUT2D eigenvalue weighted by molar-refractivity contribution is 6.10. The van der Waals surface area contributed by atoms with Crippen LogP contribution in [0.3, 0.4) is 0 Å². The molecule has 1 N–H and O–H groups in total. The van der Waals surface area contributed by atoms with Gasteiger partial charge in [-0.25, -0.2) is 0 Å². The number of fused-ring (bicyclic) bond motifs is 3. The first-order valence-corrected chi connectivity index (χ1v) is 14.6. The number of hydrogen-bond donors (Lipinski definition) is 1. The first-order valence-electron chi connectivity index (χ1n) is 14.6. The highest BCUT2D eigenvalue weighted by Crippen LogP contribution is 2.55. The van der Waals surface area contributed by atoms with Gasteiger partial charge in [0, 0.05) is 36.8 Å². The largest absolute Gasteiger partial charge is 0.482 e. The maximum absolute atomic E-state index is 14.2. The molecule has 0 unspecified atom stereocenters. The number of benzene rings is 3. The molecule has 1 fully saturated rings. The quantitative estimate of drug-likeness (QED) is 0.378. The number of ether oxygens (including phenoxy) is 2. The smallest absolute Gasteiger partial charge is 0.269 e. The van der Waals surface area contributed by atoms with Gasteiger partial charge in [0.25, 0.3) is 11.8 Å². The van der Waals surface area contributed by atoms with Crippen molar-refractivity contribution in [3.05, 3.63) is 96.6 Å². The van der Waals surface area contributed by atoms with Crippen LogP contribution in [0.15, 0.2) is 85.5 Å². The normalized spacial score (nSPS) is 22.4. The fraction of sp³-hybridized carbons (Fsp3) is 0.324. The lowest BCUT2D eigenvalue weighted by Gasteiger charge is -2.31. The summed E-state index contributed by atoms with van der Waals surface area (Å²) in [6, 6.07) is 22.5. The van der Waals surface area contributed by atoms with Gasteiger partial charge in [-0.05, 0) is 42.3 Å². The first-order chi connectivity index (χ1) is 20.9. The minimum atomic E-state index is -1.31. The van der Waals surface area contributed by atoms with Crippen molar-refractivity contribution in [2.75, 3.05) is 36.1 Å². The summed E-state index contributed by atoms with van der Waals surface area (Å²) in [6.07, 6.45) is 1.75. The van der Waals surface area contributed by atoms with Gasteiger partial charge >= 0.3 is 0 Å². The molecule has 3 heterocycles. The molecule has 3 aromatic rings. The summed E-state index contributed by atoms with van der Waals surface area (Å²) in [5, 5.41) is 9.65. The molecule has 0 aromatic heterocycles. The van der Waals surface area contributed by atoms with E-state index < -0.39 is 11.7 Å². The van der Waals surface area contributed by atoms with E-state index in [1.807, 2.05) is 79.7 Å². The van der Waals surface area contributed by atoms with Crippen molar-refractivity contribution >= 4 is 34.8 Å². The van der Waals surface area contributed by atoms with Gasteiger partial charge in [-0.1, -0.05) is 55.5 Å². The summed E-state index contributed by atoms with van der Waals surface area (Å²) in [4.78, 5) is 45.7. The third-order valence-electron chi connectivity index (χ3n) is 8.51. The zero-order valence-corrected chi connectivity index (χ0v) is 24.1. The van der Waals surface area contributed by atoms with Gasteiger partial charge in [0.1, 0.15) is 5.75 Å². The summed E-state index contributed by atoms with van der Waals surface area (Å²) < 4.78 is 12.3. The van der Waals surface area contributed by atoms with Gasteiger partial charge in [0.2, 0.25) is 5.91 Å². The number of aliphatic hydroxyl groups excluding tert-OH is 1. The second-order valence-electron chi connectivity index (χ2n) is 11.2. The number of rotatable bonds is 9. The summed E-state index contributed by atoms with van der Waals surface area (Å²) >= 11 is 0. The Labute approximate surface area is 250 Å². The minimum Gasteiger partial charge on any atom is -0.482 e. The Kier molecular flexibility index (Phi) is 7.77. The number of para-hydroxylation sites is 2. The molecule has 1 spiro atoms. The summed E-state index contributed by atoms with van der Waals surface area (Å²) in [5.41, 5.74) is 2.27. The summed E-state index contributed by atoms with van der Waals surface area (Å²) in [7, 11) is 0. The molecule has 0 aliphatic carbocycles. The predicted octanol–water partition coefficient (Wildman–Crippen LogP) is 4.31. The second-order valence-corrected chi connectivity index (χ2v) is 11.2. The number of carbonyl (C=O) groups excluding carboxylic acids is 3. The van der Waals surface area contributed by atoms with E-state index in [0.717, 1.165) is 5.56 Å². The lowest BCUT2D eigenvalue weighted by Crippen LogP contribution is -2.44. The molecule has 43 heavy (non-hydrogen) atoms. The average molecular weight is 582 g/mol. The third-order valence-corrected chi connectivity index (χ3v) is 8.51. The highest BCUT2D eigenvalue weighted by Gasteiger charge is 2.60. The number of anilines is 3. The Morgan fingerprint density at radius 3 is 2.63 bits per heavy atom. The monoisotopic (exact) mass is 581 g/mol. The van der Waals surface area contributed by atoms with E-state index in [1.165, 1.54) is 0 Å². The van der Waals surface area contributed by atoms with Crippen LogP contribution < -0.4 is 14.5 Å². The van der Waals surface area contributed by atoms with Crippen molar-refractivity contribution in [1.29, 1.82) is 0 Å². The lowest BCUT2D eigenvalue weighted by molar-refractivity contribution is -0.149. The van der Waals surface area contributed by atoms with Crippen molar-refractivity contribution in [3.63, 3.8) is 0 Å². The van der Waals surface area contributed by atoms with Crippen LogP contribution in [0.2, 0.25) is 0 Å². The maximum Gasteiger partial charge on any atom is 0.269 e. The molecule has 3 aliphatic heterocycles. The van der Waals surface area contributed by atoms with Crippen molar-refractivity contribution < 1.29 is 29.0 Å². The summed E-state index contributed by atoms with van der Waals surface area (Å²) in [6.45, 7) is 6.45. The zero-order chi connectivity index (χ0) is 30.1. The van der Waals surface area contributed by atoms with Gasteiger partial charge in [0.15, 0.2) is 12.2 Å². The minimum absolute atomic E-state index is 0.0814. The molecule has 0 saturated carbocycles. The van der Waals surface area contributed by atoms with Crippen molar-refractivity contribution in [2.45, 2.75) is 38.0 Å². The Balaban J connectivity index is 1.32. The molecule has 9 heteroatoms. The Hall–Kier alpha value is -4.47. The molecule has 3 aliphatic rings. The van der Waals surface area contributed by atoms with Gasteiger partial charge in [-0.3, -0.25) is 19.3 Å². The second kappa shape index (κ2) is 11.7. The van der Waals surface area contributed by atoms with Crippen LogP contribution in [0.5, 0.6) is 5.75 Å². The molecular weight excluding hydrogens is 546 g/mol. The van der Waals surface area contributed by atoms with Crippen LogP contribution in [-0.4, -0.2) is 60.1 Å². The van der Waals surface area contributed by atoms with Crippen molar-refractivity contribution in [3.8, 4) is 5.75 Å². The molecule has 6 rings (SSSR count). The summed E-state index contributed by atoms with van der Waals surface area (Å²) in [5.74, 6) is -0.202. The first kappa shape index (κ1) is 28.6. The Morgan fingerprint density at radius 2 is 1.86 bits per heavy atom. The number of hydrogen-bond acceptors (Lipinski definition) is 6. The van der Waals surface area contributed by atoms with Crippen molar-refractivity contribution in [1.82, 2.24) is 4.90 Å². The van der Waals surface area contributed by atoms with E-state index in [-0.39, 0.29) is 49.8 Å². The third kappa shape index (κ3) is 4.98. The number of aliphatic hydroxyl groups is 1. The molecule has 9 nitrogen and oxygen atoms in total. The van der Waals surface area contributed by atoms with E-state index in [9.17, 15) is 19.5 Å². The van der Waals surface area contributed by atoms with E-state index >= 15 is 0 Å². The average Bonchev–Trinajstić information content (AvgIpc) is 3.46. The molecule has 1 saturated heterocycles. The molecule has 222 valence electrons. The van der Waals surface area contributed by atoms with Crippen LogP contribution in [0.1, 0.15) is 30.9 Å². The van der Waals surface area contributed by atoms with Gasteiger partial charge in [0.05, 0.1) is 30.5 Å². The molecule has 3 amide bonds. The van der Waals surface area contributed by atoms with Crippen molar-refractivity contribution in [2.24, 2.45) is 5.92 Å². The van der Waals surface area contributed by atoms with Crippen LogP contribution in [0.25, 0.3) is 0 Å². The zero-order valence-electron chi connectivity index (χ0n) is 24.1. The van der Waals surface area contributed by atoms with Crippen LogP contribution in [0, 0.1) is 5.92 Å². The number of carbonyl (C=O) groups is 3. The van der Waals surface area contributed by atoms with E-state index in [0.29, 0.717) is 47.9 Å². The molecule has 0 radical (unpaired) electrons. The van der Waals surface area contributed by atoms with Gasteiger partial charge in [-0.15, -0.1) is 6.58 Å². The van der Waals surface area contributed by atoms with Crippen LogP contribution in [-0.2, 0) is 31.3 Å². The molecule has 0 bridgehead atoms. The highest BCUT2D eigenvalue weighted by atomic mass is 16.5. The molecular formula is C34H35N3O6. The van der Waals surface area contributed by atoms with E-state index in [4.69, 9.17) is 9.47 Å². The topological polar surface area (TPSA) is 99.6 Å². The SMILES string of the molecule is C=CCN1C(=O)[C@]2(O[C@H](CC(=O)N(CCO)Cc3ccccc3)C[C@@H]2C)c2cc(N3C(=O)COc4ccccc43)ccc21. The van der Waals surface area contributed by atoms with Gasteiger partial charge < -0.3 is 24.4 Å². The fourth-order valence-corrected chi connectivity index (χ4v) is 6.56. The standard InChI is InChI=1S/C34H35N3O6/c1-3-15-36-28-14-13-25(37-29-11-7-8-12-30(29)42-22-32(37)40)19-27(28)34(33(36)41)23(2)18-26(43-34)20-31(39)35(16-17-38)21-24-9-5-4-6-10-24/h3-14,19,23,26,38H,1,15-18,20-22H2,2H3/t23-,26-,34+/m0/s1. The Morgan fingerprint density at radius 1 is 1.09 bits per heavy atom. The molecule has 3 aromatic carbocycles. The van der Waals surface area contributed by atoms with Crippen LogP contribution >= 0.6 is 0 Å². The van der Waals surface area contributed by atoms with Crippen LogP contribution in [0.4, 0.5) is 17.1 Å². The van der Waals surface area contributed by atoms with E-state index in [2.05, 4.69) is 6.58 Å². The van der Waals surface area contributed by atoms with Gasteiger partial charge in [-0.2, -0.15) is 0 Å². The van der Waals surface area contributed by atoms with E-state index in [1.54, 1.807) is 20.8 Å². The fourth-order valence-electron chi connectivity index (χ4n) is 6.56. The molecule has 3 atom stereocenters. The predicted molar refractivity (Wildman–Crippen MR) is 162 cm³/mol. The lowest BCUT2D eigenvalue weighted by atomic mass is 9.82. The Bertz CT molecular complexity index is 1560. The number of amides is 3.